The molecule has 0 saturated carbocycles. The van der Waals surface area contributed by atoms with E-state index in [-0.39, 0.29) is 22.9 Å². The number of aromatic hydroxyl groups is 2. The van der Waals surface area contributed by atoms with Gasteiger partial charge in [0.15, 0.2) is 22.3 Å². The van der Waals surface area contributed by atoms with E-state index in [2.05, 4.69) is 20.9 Å². The third-order valence-electron chi connectivity index (χ3n) is 7.61. The molecule has 19 nitrogen and oxygen atoms in total. The number of phenols is 2. The summed E-state index contributed by atoms with van der Waals surface area (Å²) in [6.45, 7) is 3.28. The normalized spacial score (nSPS) is 23.9. The molecule has 0 radical (unpaired) electrons. The molecular formula is C26H27ClN8O11S2. The third kappa shape index (κ3) is 5.72. The van der Waals surface area contributed by atoms with Crippen LogP contribution in [0.5, 0.6) is 11.5 Å². The number of nitrogens with zero attached hydrogens (tertiary/aromatic N) is 5. The molecule has 3 saturated heterocycles. The zero-order valence-corrected chi connectivity index (χ0v) is 27.4. The van der Waals surface area contributed by atoms with Gasteiger partial charge >= 0.3 is 18.0 Å². The number of benzene rings is 1. The van der Waals surface area contributed by atoms with Crippen molar-refractivity contribution in [1.29, 1.82) is 0 Å². The number of hydrogen-bond acceptors (Lipinski definition) is 14. The average molecular weight is 727 g/mol. The molecule has 2 aromatic rings. The Hall–Kier alpha value is -5.02. The lowest BCUT2D eigenvalue weighted by molar-refractivity contribution is -0.161. The van der Waals surface area contributed by atoms with E-state index in [1.54, 1.807) is 0 Å². The maximum Gasteiger partial charge on any atom is 0.350 e. The van der Waals surface area contributed by atoms with Crippen LogP contribution in [0.4, 0.5) is 9.93 Å². The predicted molar refractivity (Wildman–Crippen MR) is 167 cm³/mol. The largest absolute Gasteiger partial charge is 0.504 e. The molecule has 1 aromatic heterocycles. The van der Waals surface area contributed by atoms with E-state index in [9.17, 15) is 49.2 Å². The molecule has 4 heterocycles. The van der Waals surface area contributed by atoms with Gasteiger partial charge in [-0.25, -0.2) is 24.4 Å². The summed E-state index contributed by atoms with van der Waals surface area (Å²) in [5.41, 5.74) is 5.33. The Kier molecular flexibility index (Phi) is 8.73. The SMILES string of the molecule is CC1CN(NC(=O)c2ccc(O)c(O)c2Cl)C(=O)N1[C@]1(C(=O)O)CN2C(=O)C(NC(=O)/C(=N\OC(C)(C)C(=O)O)c3csc(N)n3)[C@H]2S1. The summed E-state index contributed by atoms with van der Waals surface area (Å²) in [6, 6.07) is -0.883. The van der Waals surface area contributed by atoms with E-state index < -0.39 is 92.4 Å². The van der Waals surface area contributed by atoms with Crippen LogP contribution >= 0.6 is 34.7 Å². The van der Waals surface area contributed by atoms with E-state index in [1.165, 1.54) is 31.1 Å². The highest BCUT2D eigenvalue weighted by atomic mass is 35.5. The first-order valence-corrected chi connectivity index (χ1v) is 15.9. The maximum atomic E-state index is 13.6. The number of carbonyl (C=O) groups excluding carboxylic acids is 4. The second-order valence-corrected chi connectivity index (χ2v) is 13.9. The van der Waals surface area contributed by atoms with Crippen LogP contribution in [-0.2, 0) is 24.0 Å². The van der Waals surface area contributed by atoms with Crippen molar-refractivity contribution in [2.24, 2.45) is 5.16 Å². The molecule has 3 fully saturated rings. The number of carboxylic acids is 2. The van der Waals surface area contributed by atoms with E-state index in [0.717, 1.165) is 45.1 Å². The number of hydrazine groups is 1. The molecule has 8 N–H and O–H groups in total. The summed E-state index contributed by atoms with van der Waals surface area (Å²) in [4.78, 5) is 86.6. The first-order valence-electron chi connectivity index (χ1n) is 13.8. The van der Waals surface area contributed by atoms with Gasteiger partial charge in [0.2, 0.25) is 16.4 Å². The summed E-state index contributed by atoms with van der Waals surface area (Å²) in [5, 5.41) is 46.3. The number of carboxylic acid groups (broad SMARTS) is 2. The number of carbonyl (C=O) groups is 6. The molecule has 3 aliphatic heterocycles. The van der Waals surface area contributed by atoms with Gasteiger partial charge in [-0.2, -0.15) is 0 Å². The number of aromatic nitrogens is 1. The Morgan fingerprint density at radius 3 is 2.50 bits per heavy atom. The number of thioether (sulfide) groups is 1. The fourth-order valence-electron chi connectivity index (χ4n) is 5.05. The summed E-state index contributed by atoms with van der Waals surface area (Å²) in [5.74, 6) is -6.77. The fourth-order valence-corrected chi connectivity index (χ4v) is 7.55. The number of urea groups is 1. The maximum absolute atomic E-state index is 13.6. The summed E-state index contributed by atoms with van der Waals surface area (Å²) < 4.78 is 0. The number of oxime groups is 1. The van der Waals surface area contributed by atoms with Crippen LogP contribution in [0.25, 0.3) is 0 Å². The molecule has 0 bridgehead atoms. The third-order valence-corrected chi connectivity index (χ3v) is 10.3. The van der Waals surface area contributed by atoms with Gasteiger partial charge in [-0.3, -0.25) is 24.7 Å². The second kappa shape index (κ2) is 12.2. The van der Waals surface area contributed by atoms with E-state index in [4.69, 9.17) is 22.2 Å². The predicted octanol–water partition coefficient (Wildman–Crippen LogP) is 0.0257. The first-order chi connectivity index (χ1) is 22.4. The highest BCUT2D eigenvalue weighted by Crippen LogP contribution is 2.50. The average Bonchev–Trinajstić information content (AvgIpc) is 3.68. The fraction of sp³-hybridized carbons (Fsp3) is 0.385. The lowest BCUT2D eigenvalue weighted by atomic mass is 10.0. The van der Waals surface area contributed by atoms with Crippen molar-refractivity contribution in [3.63, 3.8) is 0 Å². The topological polar surface area (TPSA) is 278 Å². The van der Waals surface area contributed by atoms with Crippen molar-refractivity contribution < 1.29 is 54.0 Å². The van der Waals surface area contributed by atoms with E-state index in [1.807, 2.05) is 0 Å². The van der Waals surface area contributed by atoms with Gasteiger partial charge in [0.1, 0.15) is 17.1 Å². The van der Waals surface area contributed by atoms with Crippen molar-refractivity contribution in [2.45, 2.75) is 48.7 Å². The molecule has 3 aliphatic rings. The Morgan fingerprint density at radius 1 is 1.21 bits per heavy atom. The number of phenolic OH excluding ortho intramolecular Hbond substituents is 2. The molecule has 0 spiro atoms. The van der Waals surface area contributed by atoms with E-state index >= 15 is 0 Å². The number of β-lactam (4-membered cyclic amide) rings is 1. The Labute approximate surface area is 283 Å². The minimum absolute atomic E-state index is 0.0606. The number of nitrogens with one attached hydrogen (secondary N) is 2. The highest BCUT2D eigenvalue weighted by molar-refractivity contribution is 8.02. The van der Waals surface area contributed by atoms with Crippen LogP contribution in [-0.4, -0.2) is 123 Å². The van der Waals surface area contributed by atoms with E-state index in [0.29, 0.717) is 0 Å². The number of rotatable bonds is 10. The number of fused-ring (bicyclic) bond motifs is 1. The van der Waals surface area contributed by atoms with Crippen LogP contribution in [0.3, 0.4) is 0 Å². The van der Waals surface area contributed by atoms with Crippen LogP contribution in [0, 0.1) is 0 Å². The van der Waals surface area contributed by atoms with Crippen molar-refractivity contribution in [3.8, 4) is 11.5 Å². The lowest BCUT2D eigenvalue weighted by Gasteiger charge is -2.41. The van der Waals surface area contributed by atoms with Crippen molar-refractivity contribution in [2.75, 3.05) is 18.8 Å². The Bertz CT molecular complexity index is 1790. The number of nitrogen functional groups attached to an aromatic ring is 1. The number of anilines is 1. The number of aliphatic carboxylic acids is 2. The van der Waals surface area contributed by atoms with Crippen molar-refractivity contribution in [3.05, 3.63) is 33.8 Å². The molecule has 48 heavy (non-hydrogen) atoms. The van der Waals surface area contributed by atoms with Crippen molar-refractivity contribution in [1.82, 2.24) is 30.5 Å². The van der Waals surface area contributed by atoms with Gasteiger partial charge in [0.05, 0.1) is 29.7 Å². The summed E-state index contributed by atoms with van der Waals surface area (Å²) >= 11 is 7.65. The first kappa shape index (κ1) is 34.3. The van der Waals surface area contributed by atoms with Crippen LogP contribution in [0.2, 0.25) is 5.02 Å². The second-order valence-electron chi connectivity index (χ2n) is 11.3. The minimum atomic E-state index is -2.04. The number of halogens is 1. The quantitative estimate of drug-likeness (QED) is 0.0736. The molecule has 22 heteroatoms. The number of thiazole rings is 1. The van der Waals surface area contributed by atoms with Crippen LogP contribution < -0.4 is 16.5 Å². The smallest absolute Gasteiger partial charge is 0.350 e. The molecule has 5 rings (SSSR count). The Morgan fingerprint density at radius 2 is 1.90 bits per heavy atom. The van der Waals surface area contributed by atoms with Gasteiger partial charge in [0, 0.05) is 5.38 Å². The summed E-state index contributed by atoms with van der Waals surface area (Å²) in [7, 11) is 0. The molecule has 4 atom stereocenters. The van der Waals surface area contributed by atoms with Gasteiger partial charge in [0.25, 0.3) is 11.8 Å². The van der Waals surface area contributed by atoms with Gasteiger partial charge in [-0.1, -0.05) is 28.5 Å². The molecule has 1 aromatic carbocycles. The number of amides is 5. The van der Waals surface area contributed by atoms with Crippen LogP contribution in [0.15, 0.2) is 22.7 Å². The molecule has 0 aliphatic carbocycles. The van der Waals surface area contributed by atoms with Crippen LogP contribution in [0.1, 0.15) is 36.8 Å². The van der Waals surface area contributed by atoms with Gasteiger partial charge in [-0.05, 0) is 32.9 Å². The standard InChI is InChI=1S/C26H27ClN8O11S2/c1-9-6-34(31-17(38)10-4-5-12(36)16(37)13(10)27)24(45)35(9)26(22(43)44)8-33-19(40)15(20(33)48-26)30-18(39)14(11-7-47-23(28)29-11)32-46-25(2,3)21(41)42/h4-5,7,9,15,20,36-37H,6,8H2,1-3H3,(H2,28,29)(H,30,39)(H,31,38)(H,41,42)(H,43,44)/b32-14-/t9?,15?,20-,26-/m1/s1. The molecular weight excluding hydrogens is 700 g/mol. The summed E-state index contributed by atoms with van der Waals surface area (Å²) in [6.07, 6.45) is 0. The molecule has 256 valence electrons. The zero-order chi connectivity index (χ0) is 35.5. The monoisotopic (exact) mass is 726 g/mol. The number of hydrogen-bond donors (Lipinski definition) is 7. The number of nitrogens with two attached hydrogens (primary N) is 1. The van der Waals surface area contributed by atoms with Gasteiger partial charge in [-0.15, -0.1) is 11.3 Å². The van der Waals surface area contributed by atoms with Gasteiger partial charge < -0.3 is 41.2 Å². The highest BCUT2D eigenvalue weighted by Gasteiger charge is 2.67. The lowest BCUT2D eigenvalue weighted by Crippen LogP contribution is -2.68. The zero-order valence-electron chi connectivity index (χ0n) is 25.0. The Balaban J connectivity index is 1.34. The van der Waals surface area contributed by atoms with Crippen molar-refractivity contribution >= 4 is 81.2 Å². The minimum Gasteiger partial charge on any atom is -0.504 e. The molecule has 2 unspecified atom stereocenters. The molecule has 5 amide bonds.